The van der Waals surface area contributed by atoms with Crippen LogP contribution >= 0.6 is 0 Å². The normalized spacial score (nSPS) is 12.1. The van der Waals surface area contributed by atoms with Crippen LogP contribution in [0.15, 0.2) is 36.7 Å². The third kappa shape index (κ3) is 4.00. The molecule has 148 valence electrons. The van der Waals surface area contributed by atoms with Crippen LogP contribution in [-0.4, -0.2) is 35.0 Å². The van der Waals surface area contributed by atoms with Gasteiger partial charge in [-0.15, -0.1) is 0 Å². The molecular formula is C20H25N5O3. The summed E-state index contributed by atoms with van der Waals surface area (Å²) >= 11 is 0. The molecule has 28 heavy (non-hydrogen) atoms. The van der Waals surface area contributed by atoms with Gasteiger partial charge in [-0.1, -0.05) is 0 Å². The summed E-state index contributed by atoms with van der Waals surface area (Å²) in [5.74, 6) is 1.37. The van der Waals surface area contributed by atoms with Crippen molar-refractivity contribution in [2.24, 2.45) is 0 Å². The van der Waals surface area contributed by atoms with Crippen molar-refractivity contribution in [2.75, 3.05) is 19.5 Å². The number of nitrogens with one attached hydrogen (secondary N) is 2. The van der Waals surface area contributed by atoms with Crippen LogP contribution in [0.3, 0.4) is 0 Å². The molecule has 2 N–H and O–H groups in total. The maximum atomic E-state index is 12.5. The van der Waals surface area contributed by atoms with Crippen molar-refractivity contribution in [2.45, 2.75) is 32.9 Å². The van der Waals surface area contributed by atoms with E-state index < -0.39 is 0 Å². The molecule has 0 saturated carbocycles. The van der Waals surface area contributed by atoms with Crippen LogP contribution in [0.2, 0.25) is 0 Å². The maximum absolute atomic E-state index is 12.5. The van der Waals surface area contributed by atoms with Gasteiger partial charge < -0.3 is 20.1 Å². The number of hydrogen-bond donors (Lipinski definition) is 2. The van der Waals surface area contributed by atoms with Gasteiger partial charge in [0.1, 0.15) is 11.5 Å². The van der Waals surface area contributed by atoms with Gasteiger partial charge in [0.05, 0.1) is 38.3 Å². The summed E-state index contributed by atoms with van der Waals surface area (Å²) in [6.45, 7) is 5.97. The Morgan fingerprint density at radius 2 is 1.89 bits per heavy atom. The lowest BCUT2D eigenvalue weighted by atomic mass is 10.1. The SMILES string of the molecule is COc1ccc(OC)c([C@H](C)NC(=O)Nc2cnc3c(cnn3C(C)C)c2)c1. The van der Waals surface area contributed by atoms with Crippen molar-refractivity contribution in [1.82, 2.24) is 20.1 Å². The number of benzene rings is 1. The van der Waals surface area contributed by atoms with Crippen molar-refractivity contribution >= 4 is 22.8 Å². The number of pyridine rings is 1. The first-order valence-corrected chi connectivity index (χ1v) is 9.05. The standard InChI is InChI=1S/C20H25N5O3/c1-12(2)25-19-14(10-22-25)8-15(11-21-19)24-20(26)23-13(3)17-9-16(27-4)6-7-18(17)28-5/h6-13H,1-5H3,(H2,23,24,26)/t13-/m0/s1. The Balaban J connectivity index is 1.72. The van der Waals surface area contributed by atoms with E-state index in [1.54, 1.807) is 26.6 Å². The highest BCUT2D eigenvalue weighted by Gasteiger charge is 2.16. The second-order valence-corrected chi connectivity index (χ2v) is 6.75. The van der Waals surface area contributed by atoms with Crippen LogP contribution < -0.4 is 20.1 Å². The van der Waals surface area contributed by atoms with E-state index in [0.29, 0.717) is 17.2 Å². The molecule has 0 aliphatic rings. The van der Waals surface area contributed by atoms with E-state index in [1.807, 2.05) is 49.7 Å². The lowest BCUT2D eigenvalue weighted by molar-refractivity contribution is 0.249. The summed E-state index contributed by atoms with van der Waals surface area (Å²) in [5, 5.41) is 10.9. The summed E-state index contributed by atoms with van der Waals surface area (Å²) in [7, 11) is 3.19. The molecule has 1 aromatic carbocycles. The zero-order chi connectivity index (χ0) is 20.3. The Morgan fingerprint density at radius 1 is 1.11 bits per heavy atom. The van der Waals surface area contributed by atoms with Crippen LogP contribution in [-0.2, 0) is 0 Å². The molecule has 0 fully saturated rings. The first-order valence-electron chi connectivity index (χ1n) is 9.05. The van der Waals surface area contributed by atoms with Gasteiger partial charge in [-0.05, 0) is 45.0 Å². The second-order valence-electron chi connectivity index (χ2n) is 6.75. The Hall–Kier alpha value is -3.29. The summed E-state index contributed by atoms with van der Waals surface area (Å²) in [6, 6.07) is 6.91. The summed E-state index contributed by atoms with van der Waals surface area (Å²) in [6.07, 6.45) is 3.37. The summed E-state index contributed by atoms with van der Waals surface area (Å²) in [5.41, 5.74) is 2.21. The molecule has 3 aromatic rings. The topological polar surface area (TPSA) is 90.3 Å². The molecule has 0 bridgehead atoms. The van der Waals surface area contributed by atoms with Crippen LogP contribution in [0.4, 0.5) is 10.5 Å². The zero-order valence-electron chi connectivity index (χ0n) is 16.7. The number of carbonyl (C=O) groups is 1. The van der Waals surface area contributed by atoms with Crippen LogP contribution in [0.25, 0.3) is 11.0 Å². The molecule has 3 rings (SSSR count). The second kappa shape index (κ2) is 8.16. The third-order valence-electron chi connectivity index (χ3n) is 4.43. The van der Waals surface area contributed by atoms with Gasteiger partial charge in [0.15, 0.2) is 5.65 Å². The highest BCUT2D eigenvalue weighted by atomic mass is 16.5. The van der Waals surface area contributed by atoms with Gasteiger partial charge in [-0.3, -0.25) is 0 Å². The molecule has 1 atom stereocenters. The Bertz CT molecular complexity index is 983. The van der Waals surface area contributed by atoms with Crippen molar-refractivity contribution < 1.29 is 14.3 Å². The van der Waals surface area contributed by atoms with Gasteiger partial charge in [0, 0.05) is 17.0 Å². The summed E-state index contributed by atoms with van der Waals surface area (Å²) in [4.78, 5) is 16.9. The van der Waals surface area contributed by atoms with Crippen LogP contribution in [0.1, 0.15) is 38.4 Å². The van der Waals surface area contributed by atoms with Crippen LogP contribution in [0.5, 0.6) is 11.5 Å². The van der Waals surface area contributed by atoms with Gasteiger partial charge in [0.2, 0.25) is 0 Å². The van der Waals surface area contributed by atoms with Gasteiger partial charge in [-0.25, -0.2) is 14.5 Å². The average Bonchev–Trinajstić information content (AvgIpc) is 3.10. The first-order chi connectivity index (χ1) is 13.4. The predicted octanol–water partition coefficient (Wildman–Crippen LogP) is 3.91. The van der Waals surface area contributed by atoms with E-state index in [9.17, 15) is 4.79 Å². The monoisotopic (exact) mass is 383 g/mol. The smallest absolute Gasteiger partial charge is 0.319 e. The number of hydrogen-bond acceptors (Lipinski definition) is 5. The van der Waals surface area contributed by atoms with E-state index in [2.05, 4.69) is 20.7 Å². The minimum absolute atomic E-state index is 0.214. The predicted molar refractivity (Wildman–Crippen MR) is 108 cm³/mol. The summed E-state index contributed by atoms with van der Waals surface area (Å²) < 4.78 is 12.5. The fourth-order valence-corrected chi connectivity index (χ4v) is 3.01. The average molecular weight is 383 g/mol. The van der Waals surface area contributed by atoms with E-state index >= 15 is 0 Å². The first kappa shape index (κ1) is 19.5. The van der Waals surface area contributed by atoms with E-state index in [-0.39, 0.29) is 18.1 Å². The number of urea groups is 1. The molecule has 0 unspecified atom stereocenters. The van der Waals surface area contributed by atoms with Crippen molar-refractivity contribution in [3.05, 3.63) is 42.2 Å². The van der Waals surface area contributed by atoms with E-state index in [4.69, 9.17) is 9.47 Å². The third-order valence-corrected chi connectivity index (χ3v) is 4.43. The fourth-order valence-electron chi connectivity index (χ4n) is 3.01. The number of ether oxygens (including phenoxy) is 2. The number of nitrogens with zero attached hydrogens (tertiary/aromatic N) is 3. The molecule has 8 heteroatoms. The van der Waals surface area contributed by atoms with E-state index in [0.717, 1.165) is 16.6 Å². The van der Waals surface area contributed by atoms with Gasteiger partial charge in [-0.2, -0.15) is 5.10 Å². The molecule has 2 heterocycles. The number of anilines is 1. The fraction of sp³-hybridized carbons (Fsp3) is 0.350. The molecular weight excluding hydrogens is 358 g/mol. The molecule has 0 spiro atoms. The number of amides is 2. The number of methoxy groups -OCH3 is 2. The quantitative estimate of drug-likeness (QED) is 0.673. The zero-order valence-corrected chi connectivity index (χ0v) is 16.7. The molecule has 0 saturated heterocycles. The van der Waals surface area contributed by atoms with E-state index in [1.165, 1.54) is 0 Å². The number of fused-ring (bicyclic) bond motifs is 1. The van der Waals surface area contributed by atoms with Crippen LogP contribution in [0, 0.1) is 0 Å². The molecule has 8 nitrogen and oxygen atoms in total. The lowest BCUT2D eigenvalue weighted by Crippen LogP contribution is -2.31. The lowest BCUT2D eigenvalue weighted by Gasteiger charge is -2.18. The van der Waals surface area contributed by atoms with Crippen molar-refractivity contribution in [3.63, 3.8) is 0 Å². The molecule has 2 aromatic heterocycles. The highest BCUT2D eigenvalue weighted by molar-refractivity contribution is 5.91. The maximum Gasteiger partial charge on any atom is 0.319 e. The molecule has 0 aliphatic heterocycles. The molecule has 0 radical (unpaired) electrons. The number of carbonyl (C=O) groups excluding carboxylic acids is 1. The van der Waals surface area contributed by atoms with Gasteiger partial charge in [0.25, 0.3) is 0 Å². The van der Waals surface area contributed by atoms with Gasteiger partial charge >= 0.3 is 6.03 Å². The molecule has 2 amide bonds. The number of aromatic nitrogens is 3. The minimum atomic E-state index is -0.338. The Kier molecular flexibility index (Phi) is 5.67. The minimum Gasteiger partial charge on any atom is -0.497 e. The number of rotatable bonds is 6. The van der Waals surface area contributed by atoms with Crippen molar-refractivity contribution in [3.8, 4) is 11.5 Å². The largest absolute Gasteiger partial charge is 0.497 e. The molecule has 0 aliphatic carbocycles. The Labute approximate surface area is 163 Å². The Morgan fingerprint density at radius 3 is 2.57 bits per heavy atom. The van der Waals surface area contributed by atoms with Crippen molar-refractivity contribution in [1.29, 1.82) is 0 Å². The highest BCUT2D eigenvalue weighted by Crippen LogP contribution is 2.29.